The Morgan fingerprint density at radius 3 is 2.45 bits per heavy atom. The lowest BCUT2D eigenvalue weighted by Gasteiger charge is -2.30. The first-order valence-corrected chi connectivity index (χ1v) is 10.5. The van der Waals surface area contributed by atoms with Crippen LogP contribution in [0.15, 0.2) is 29.3 Å². The van der Waals surface area contributed by atoms with Gasteiger partial charge < -0.3 is 20.3 Å². The summed E-state index contributed by atoms with van der Waals surface area (Å²) in [7, 11) is 2.19. The minimum absolute atomic E-state index is 0.485. The number of fused-ring (bicyclic) bond motifs is 1. The summed E-state index contributed by atoms with van der Waals surface area (Å²) in [6.45, 7) is 6.10. The van der Waals surface area contributed by atoms with Crippen molar-refractivity contribution in [1.82, 2.24) is 14.9 Å². The molecule has 0 bridgehead atoms. The molecule has 2 fully saturated rings. The van der Waals surface area contributed by atoms with Crippen LogP contribution in [0.1, 0.15) is 24.1 Å². The van der Waals surface area contributed by atoms with Crippen molar-refractivity contribution in [2.75, 3.05) is 57.1 Å². The number of benzene rings is 1. The van der Waals surface area contributed by atoms with E-state index >= 15 is 0 Å². The number of morpholine rings is 1. The summed E-state index contributed by atoms with van der Waals surface area (Å²) in [4.78, 5) is 19.7. The van der Waals surface area contributed by atoms with Crippen molar-refractivity contribution in [2.45, 2.75) is 19.4 Å². The number of hydrogen-bond donors (Lipinski definition) is 1. The Morgan fingerprint density at radius 1 is 1.00 bits per heavy atom. The smallest absolute Gasteiger partial charge is 0.162 e. The van der Waals surface area contributed by atoms with Gasteiger partial charge in [-0.3, -0.25) is 4.99 Å². The number of piperidine rings is 1. The maximum atomic E-state index is 5.89. The first kappa shape index (κ1) is 18.5. The largest absolute Gasteiger partial charge is 0.399 e. The Hall–Kier alpha value is -2.51. The second-order valence-corrected chi connectivity index (χ2v) is 8.20. The normalized spacial score (nSPS) is 20.6. The van der Waals surface area contributed by atoms with E-state index in [1.807, 2.05) is 24.3 Å². The molecule has 0 spiro atoms. The summed E-state index contributed by atoms with van der Waals surface area (Å²) >= 11 is 0. The number of nitrogen functional groups attached to an aromatic ring is 1. The number of ether oxygens (including phenoxy) is 1. The van der Waals surface area contributed by atoms with Crippen molar-refractivity contribution < 1.29 is 4.74 Å². The van der Waals surface area contributed by atoms with Crippen LogP contribution < -0.4 is 10.6 Å². The van der Waals surface area contributed by atoms with Crippen molar-refractivity contribution in [3.63, 3.8) is 0 Å². The topological polar surface area (TPSA) is 79.9 Å². The van der Waals surface area contributed by atoms with Crippen molar-refractivity contribution in [2.24, 2.45) is 10.9 Å². The zero-order chi connectivity index (χ0) is 19.8. The first-order valence-electron chi connectivity index (χ1n) is 10.5. The molecule has 0 aliphatic carbocycles. The molecule has 29 heavy (non-hydrogen) atoms. The van der Waals surface area contributed by atoms with Crippen LogP contribution in [0.2, 0.25) is 0 Å². The Morgan fingerprint density at radius 2 is 1.72 bits per heavy atom. The fourth-order valence-electron chi connectivity index (χ4n) is 4.47. The van der Waals surface area contributed by atoms with E-state index in [1.165, 1.54) is 11.3 Å². The van der Waals surface area contributed by atoms with Crippen LogP contribution in [0, 0.1) is 5.92 Å². The molecule has 7 nitrogen and oxygen atoms in total. The Balaban J connectivity index is 1.56. The lowest BCUT2D eigenvalue weighted by atomic mass is 9.90. The van der Waals surface area contributed by atoms with Crippen LogP contribution >= 0.6 is 0 Å². The van der Waals surface area contributed by atoms with Crippen molar-refractivity contribution in [3.8, 4) is 11.4 Å². The van der Waals surface area contributed by atoms with Crippen LogP contribution in [0.3, 0.4) is 0 Å². The summed E-state index contributed by atoms with van der Waals surface area (Å²) in [5, 5.41) is 0. The van der Waals surface area contributed by atoms with Crippen LogP contribution in [0.4, 0.5) is 11.5 Å². The average molecular weight is 393 g/mol. The quantitative estimate of drug-likeness (QED) is 0.807. The molecule has 0 saturated carbocycles. The number of aromatic nitrogens is 2. The third-order valence-corrected chi connectivity index (χ3v) is 6.22. The minimum atomic E-state index is 0.485. The molecule has 7 heteroatoms. The fraction of sp³-hybridized carbons (Fsp3) is 0.500. The molecule has 152 valence electrons. The van der Waals surface area contributed by atoms with Gasteiger partial charge in [0.15, 0.2) is 5.82 Å². The Kier molecular flexibility index (Phi) is 4.93. The van der Waals surface area contributed by atoms with Gasteiger partial charge in [-0.2, -0.15) is 0 Å². The highest BCUT2D eigenvalue weighted by atomic mass is 16.5. The van der Waals surface area contributed by atoms with Crippen molar-refractivity contribution in [1.29, 1.82) is 0 Å². The molecule has 0 amide bonds. The van der Waals surface area contributed by atoms with Crippen LogP contribution in [0.5, 0.6) is 0 Å². The molecule has 1 aromatic carbocycles. The summed E-state index contributed by atoms with van der Waals surface area (Å²) in [5.41, 5.74) is 11.0. The predicted molar refractivity (Wildman–Crippen MR) is 115 cm³/mol. The average Bonchev–Trinajstić information content (AvgIpc) is 3.19. The van der Waals surface area contributed by atoms with Gasteiger partial charge in [0.25, 0.3) is 0 Å². The third kappa shape index (κ3) is 3.60. The predicted octanol–water partition coefficient (Wildman–Crippen LogP) is 2.21. The number of hydrogen-bond acceptors (Lipinski definition) is 7. The van der Waals surface area contributed by atoms with Gasteiger partial charge >= 0.3 is 0 Å². The molecule has 3 aliphatic heterocycles. The lowest BCUT2D eigenvalue weighted by molar-refractivity contribution is 0.122. The fourth-order valence-corrected chi connectivity index (χ4v) is 4.47. The first-order chi connectivity index (χ1) is 14.2. The van der Waals surface area contributed by atoms with Gasteiger partial charge in [-0.05, 0) is 57.2 Å². The Labute approximate surface area is 171 Å². The summed E-state index contributed by atoms with van der Waals surface area (Å²) in [5.74, 6) is 2.27. The summed E-state index contributed by atoms with van der Waals surface area (Å²) in [6, 6.07) is 7.82. The molecular formula is C22H28N6O. The maximum Gasteiger partial charge on any atom is 0.162 e. The number of likely N-dealkylation sites (tertiary alicyclic amines) is 1. The van der Waals surface area contributed by atoms with E-state index in [4.69, 9.17) is 25.4 Å². The van der Waals surface area contributed by atoms with Gasteiger partial charge in [0.1, 0.15) is 5.82 Å². The molecular weight excluding hydrogens is 364 g/mol. The van der Waals surface area contributed by atoms with E-state index in [-0.39, 0.29) is 0 Å². The highest BCUT2D eigenvalue weighted by Gasteiger charge is 2.32. The molecule has 2 N–H and O–H groups in total. The molecule has 3 aliphatic rings. The van der Waals surface area contributed by atoms with Crippen molar-refractivity contribution >= 4 is 17.2 Å². The maximum absolute atomic E-state index is 5.89. The number of aliphatic imine (C=N–C) groups is 1. The highest BCUT2D eigenvalue weighted by Crippen LogP contribution is 2.34. The molecule has 5 rings (SSSR count). The molecule has 2 saturated heterocycles. The van der Waals surface area contributed by atoms with E-state index in [0.717, 1.165) is 80.8 Å². The number of nitrogens with two attached hydrogens (primary N) is 1. The lowest BCUT2D eigenvalue weighted by Crippen LogP contribution is -2.38. The van der Waals surface area contributed by atoms with Gasteiger partial charge in [-0.15, -0.1) is 0 Å². The van der Waals surface area contributed by atoms with E-state index in [0.29, 0.717) is 12.5 Å². The highest BCUT2D eigenvalue weighted by molar-refractivity contribution is 6.05. The van der Waals surface area contributed by atoms with E-state index in [1.54, 1.807) is 0 Å². The van der Waals surface area contributed by atoms with Gasteiger partial charge in [-0.1, -0.05) is 0 Å². The monoisotopic (exact) mass is 392 g/mol. The summed E-state index contributed by atoms with van der Waals surface area (Å²) in [6.07, 6.45) is 2.28. The third-order valence-electron chi connectivity index (χ3n) is 6.22. The molecule has 2 aromatic rings. The van der Waals surface area contributed by atoms with E-state index in [9.17, 15) is 0 Å². The van der Waals surface area contributed by atoms with Gasteiger partial charge in [0.05, 0.1) is 31.2 Å². The number of nitrogens with zero attached hydrogens (tertiary/aromatic N) is 5. The zero-order valence-electron chi connectivity index (χ0n) is 17.0. The zero-order valence-corrected chi connectivity index (χ0v) is 17.0. The Bertz CT molecular complexity index is 912. The SMILES string of the molecule is CN1CCC(C2=NCc3c2nc(-c2ccc(N)cc2)nc3N2CCOCC2)CC1. The second kappa shape index (κ2) is 7.72. The van der Waals surface area contributed by atoms with Gasteiger partial charge in [0.2, 0.25) is 0 Å². The molecule has 4 heterocycles. The number of rotatable bonds is 3. The minimum Gasteiger partial charge on any atom is -0.399 e. The van der Waals surface area contributed by atoms with Crippen LogP contribution in [-0.4, -0.2) is 67.0 Å². The molecule has 0 unspecified atom stereocenters. The van der Waals surface area contributed by atoms with Crippen LogP contribution in [0.25, 0.3) is 11.4 Å². The van der Waals surface area contributed by atoms with Gasteiger partial charge in [-0.25, -0.2) is 9.97 Å². The summed E-state index contributed by atoms with van der Waals surface area (Å²) < 4.78 is 5.56. The van der Waals surface area contributed by atoms with E-state index in [2.05, 4.69) is 16.8 Å². The van der Waals surface area contributed by atoms with Crippen LogP contribution in [-0.2, 0) is 11.3 Å². The molecule has 0 atom stereocenters. The molecule has 1 aromatic heterocycles. The van der Waals surface area contributed by atoms with E-state index < -0.39 is 0 Å². The molecule has 0 radical (unpaired) electrons. The van der Waals surface area contributed by atoms with Gasteiger partial charge in [0, 0.05) is 35.8 Å². The van der Waals surface area contributed by atoms with Crippen molar-refractivity contribution in [3.05, 3.63) is 35.5 Å². The standard InChI is InChI=1S/C22H28N6O/c1-27-8-6-15(7-9-27)19-20-18(14-24-19)22(28-10-12-29-13-11-28)26-21(25-20)16-2-4-17(23)5-3-16/h2-5,15H,6-14,23H2,1H3. The second-order valence-electron chi connectivity index (χ2n) is 8.20. The number of anilines is 2.